The maximum atomic E-state index is 13.8. The third kappa shape index (κ3) is 4.25. The highest BCUT2D eigenvalue weighted by Crippen LogP contribution is 2.22. The molecule has 6 heteroatoms. The molecule has 1 aromatic rings. The Labute approximate surface area is 126 Å². The standard InChI is InChI=1S/C15H23FN2O2S/c1-3-15(13-6-4-5-7-14(13)16)17-10-12-8-9-18(11-12)21(2,19)20/h4-7,12,15,17H,3,8-11H2,1-2H3/t12-,15-/m1/s1. The number of nitrogens with zero attached hydrogens (tertiary/aromatic N) is 1. The van der Waals surface area contributed by atoms with E-state index < -0.39 is 10.0 Å². The van der Waals surface area contributed by atoms with E-state index in [1.165, 1.54) is 16.6 Å². The highest BCUT2D eigenvalue weighted by atomic mass is 32.2. The molecule has 1 saturated heterocycles. The molecule has 0 radical (unpaired) electrons. The second kappa shape index (κ2) is 6.85. The molecular weight excluding hydrogens is 291 g/mol. The summed E-state index contributed by atoms with van der Waals surface area (Å²) in [6.45, 7) is 3.86. The second-order valence-electron chi connectivity index (χ2n) is 5.67. The molecule has 0 unspecified atom stereocenters. The summed E-state index contributed by atoms with van der Waals surface area (Å²) in [6, 6.07) is 6.77. The molecule has 0 saturated carbocycles. The van der Waals surface area contributed by atoms with Crippen LogP contribution in [-0.4, -0.2) is 38.6 Å². The summed E-state index contributed by atoms with van der Waals surface area (Å²) in [5.41, 5.74) is 0.679. The van der Waals surface area contributed by atoms with E-state index in [2.05, 4.69) is 5.32 Å². The Morgan fingerprint density at radius 1 is 1.43 bits per heavy atom. The van der Waals surface area contributed by atoms with Gasteiger partial charge in [0, 0.05) is 24.7 Å². The highest BCUT2D eigenvalue weighted by Gasteiger charge is 2.28. The minimum absolute atomic E-state index is 0.0292. The van der Waals surface area contributed by atoms with Gasteiger partial charge in [0.2, 0.25) is 10.0 Å². The summed E-state index contributed by atoms with van der Waals surface area (Å²) in [5, 5.41) is 3.38. The molecule has 21 heavy (non-hydrogen) atoms. The van der Waals surface area contributed by atoms with Crippen LogP contribution in [0.5, 0.6) is 0 Å². The maximum absolute atomic E-state index is 13.8. The van der Waals surface area contributed by atoms with Gasteiger partial charge in [-0.3, -0.25) is 0 Å². The number of rotatable bonds is 6. The van der Waals surface area contributed by atoms with Gasteiger partial charge < -0.3 is 5.32 Å². The summed E-state index contributed by atoms with van der Waals surface area (Å²) < 4.78 is 38.3. The van der Waals surface area contributed by atoms with Crippen molar-refractivity contribution in [1.29, 1.82) is 0 Å². The molecule has 2 atom stereocenters. The summed E-state index contributed by atoms with van der Waals surface area (Å²) in [6.07, 6.45) is 2.90. The van der Waals surface area contributed by atoms with Crippen LogP contribution in [0.15, 0.2) is 24.3 Å². The fraction of sp³-hybridized carbons (Fsp3) is 0.600. The molecule has 0 amide bonds. The van der Waals surface area contributed by atoms with Gasteiger partial charge in [0.25, 0.3) is 0 Å². The van der Waals surface area contributed by atoms with Crippen LogP contribution in [0.2, 0.25) is 0 Å². The number of benzene rings is 1. The first-order valence-electron chi connectivity index (χ1n) is 7.34. The first-order chi connectivity index (χ1) is 9.91. The van der Waals surface area contributed by atoms with Crippen LogP contribution in [0.25, 0.3) is 0 Å². The van der Waals surface area contributed by atoms with Gasteiger partial charge in [-0.1, -0.05) is 25.1 Å². The molecule has 0 spiro atoms. The number of nitrogens with one attached hydrogen (secondary N) is 1. The van der Waals surface area contributed by atoms with E-state index in [0.29, 0.717) is 31.1 Å². The monoisotopic (exact) mass is 314 g/mol. The first-order valence-corrected chi connectivity index (χ1v) is 9.19. The molecule has 1 fully saturated rings. The smallest absolute Gasteiger partial charge is 0.211 e. The minimum Gasteiger partial charge on any atom is -0.310 e. The molecule has 118 valence electrons. The van der Waals surface area contributed by atoms with E-state index in [9.17, 15) is 12.8 Å². The first kappa shape index (κ1) is 16.4. The van der Waals surface area contributed by atoms with Crippen molar-refractivity contribution in [2.45, 2.75) is 25.8 Å². The molecule has 1 aliphatic rings. The van der Waals surface area contributed by atoms with Crippen LogP contribution in [0, 0.1) is 11.7 Å². The molecule has 1 aliphatic heterocycles. The normalized spacial score (nSPS) is 21.6. The summed E-state index contributed by atoms with van der Waals surface area (Å²) in [7, 11) is -3.09. The van der Waals surface area contributed by atoms with Crippen molar-refractivity contribution in [1.82, 2.24) is 9.62 Å². The van der Waals surface area contributed by atoms with Gasteiger partial charge in [-0.2, -0.15) is 0 Å². The van der Waals surface area contributed by atoms with Crippen molar-refractivity contribution in [3.05, 3.63) is 35.6 Å². The Morgan fingerprint density at radius 3 is 2.71 bits per heavy atom. The van der Waals surface area contributed by atoms with E-state index in [4.69, 9.17) is 0 Å². The van der Waals surface area contributed by atoms with E-state index in [1.807, 2.05) is 13.0 Å². The SMILES string of the molecule is CC[C@@H](NC[C@H]1CCN(S(C)(=O)=O)C1)c1ccccc1F. The van der Waals surface area contributed by atoms with Crippen LogP contribution in [-0.2, 0) is 10.0 Å². The van der Waals surface area contributed by atoms with Crippen molar-refractivity contribution in [3.63, 3.8) is 0 Å². The lowest BCUT2D eigenvalue weighted by atomic mass is 10.0. The van der Waals surface area contributed by atoms with Gasteiger partial charge >= 0.3 is 0 Å². The molecule has 4 nitrogen and oxygen atoms in total. The molecule has 0 aliphatic carbocycles. The van der Waals surface area contributed by atoms with E-state index >= 15 is 0 Å². The van der Waals surface area contributed by atoms with Gasteiger partial charge in [-0.15, -0.1) is 0 Å². The van der Waals surface area contributed by atoms with Gasteiger partial charge in [-0.25, -0.2) is 17.1 Å². The lowest BCUT2D eigenvalue weighted by Gasteiger charge is -2.20. The topological polar surface area (TPSA) is 49.4 Å². The predicted molar refractivity (Wildman–Crippen MR) is 82.0 cm³/mol. The van der Waals surface area contributed by atoms with Gasteiger partial charge in [0.05, 0.1) is 6.26 Å². The van der Waals surface area contributed by atoms with Crippen molar-refractivity contribution < 1.29 is 12.8 Å². The molecule has 1 N–H and O–H groups in total. The largest absolute Gasteiger partial charge is 0.310 e. The lowest BCUT2D eigenvalue weighted by Crippen LogP contribution is -2.31. The molecule has 0 aromatic heterocycles. The fourth-order valence-electron chi connectivity index (χ4n) is 2.81. The quantitative estimate of drug-likeness (QED) is 0.875. The molecular formula is C15H23FN2O2S. The summed E-state index contributed by atoms with van der Waals surface area (Å²) in [5.74, 6) is 0.0987. The zero-order chi connectivity index (χ0) is 15.5. The zero-order valence-corrected chi connectivity index (χ0v) is 13.4. The van der Waals surface area contributed by atoms with Crippen LogP contribution in [0.4, 0.5) is 4.39 Å². The Morgan fingerprint density at radius 2 is 2.14 bits per heavy atom. The summed E-state index contributed by atoms with van der Waals surface area (Å²) >= 11 is 0. The number of hydrogen-bond acceptors (Lipinski definition) is 3. The van der Waals surface area contributed by atoms with E-state index in [0.717, 1.165) is 12.8 Å². The Kier molecular flexibility index (Phi) is 5.35. The van der Waals surface area contributed by atoms with Crippen LogP contribution in [0.3, 0.4) is 0 Å². The summed E-state index contributed by atoms with van der Waals surface area (Å²) in [4.78, 5) is 0. The van der Waals surface area contributed by atoms with Gasteiger partial charge in [0.15, 0.2) is 0 Å². The lowest BCUT2D eigenvalue weighted by molar-refractivity contribution is 0.413. The second-order valence-corrected chi connectivity index (χ2v) is 7.65. The van der Waals surface area contributed by atoms with Crippen molar-refractivity contribution in [2.75, 3.05) is 25.9 Å². The zero-order valence-electron chi connectivity index (χ0n) is 12.5. The highest BCUT2D eigenvalue weighted by molar-refractivity contribution is 7.88. The Hall–Kier alpha value is -0.980. The minimum atomic E-state index is -3.09. The third-order valence-corrected chi connectivity index (χ3v) is 5.33. The van der Waals surface area contributed by atoms with Crippen molar-refractivity contribution in [3.8, 4) is 0 Å². The van der Waals surface area contributed by atoms with E-state index in [1.54, 1.807) is 12.1 Å². The number of hydrogen-bond donors (Lipinski definition) is 1. The van der Waals surface area contributed by atoms with Gasteiger partial charge in [-0.05, 0) is 31.4 Å². The Bertz CT molecular complexity index is 577. The molecule has 1 aromatic carbocycles. The van der Waals surface area contributed by atoms with Crippen LogP contribution < -0.4 is 5.32 Å². The van der Waals surface area contributed by atoms with Crippen LogP contribution >= 0.6 is 0 Å². The molecule has 0 bridgehead atoms. The maximum Gasteiger partial charge on any atom is 0.211 e. The van der Waals surface area contributed by atoms with Crippen molar-refractivity contribution in [2.24, 2.45) is 5.92 Å². The number of halogens is 1. The predicted octanol–water partition coefficient (Wildman–Crippen LogP) is 2.15. The Balaban J connectivity index is 1.92. The van der Waals surface area contributed by atoms with Crippen LogP contribution in [0.1, 0.15) is 31.4 Å². The number of sulfonamides is 1. The average Bonchev–Trinajstić information content (AvgIpc) is 2.90. The third-order valence-electron chi connectivity index (χ3n) is 4.06. The average molecular weight is 314 g/mol. The fourth-order valence-corrected chi connectivity index (χ4v) is 3.72. The molecule has 1 heterocycles. The van der Waals surface area contributed by atoms with Gasteiger partial charge in [0.1, 0.15) is 5.82 Å². The van der Waals surface area contributed by atoms with E-state index in [-0.39, 0.29) is 11.9 Å². The van der Waals surface area contributed by atoms with Crippen molar-refractivity contribution >= 4 is 10.0 Å². The molecule has 2 rings (SSSR count).